The maximum absolute atomic E-state index is 13.0. The summed E-state index contributed by atoms with van der Waals surface area (Å²) in [5.74, 6) is -0.198. The standard InChI is InChI=1S/C20H24F3N5O3S/c21-20(22,23)16-4-3-5-17(12-16)26-8-10-27(11-9-26)19(29)14-25-13-18(24-15-25)32(30,31)28-6-1-2-7-28/h3-5,12-13,15H,1-2,6-11,14H2. The molecule has 2 aromatic rings. The van der Waals surface area contributed by atoms with Gasteiger partial charge in [-0.2, -0.15) is 17.5 Å². The van der Waals surface area contributed by atoms with Gasteiger partial charge in [-0.1, -0.05) is 6.07 Å². The lowest BCUT2D eigenvalue weighted by atomic mass is 10.1. The first kappa shape index (κ1) is 22.6. The lowest BCUT2D eigenvalue weighted by Crippen LogP contribution is -2.49. The van der Waals surface area contributed by atoms with Crippen LogP contribution in [0.2, 0.25) is 0 Å². The second-order valence-corrected chi connectivity index (χ2v) is 9.80. The van der Waals surface area contributed by atoms with Gasteiger partial charge in [0.2, 0.25) is 5.91 Å². The summed E-state index contributed by atoms with van der Waals surface area (Å²) in [6.07, 6.45) is -0.0559. The summed E-state index contributed by atoms with van der Waals surface area (Å²) < 4.78 is 66.8. The van der Waals surface area contributed by atoms with E-state index in [1.165, 1.54) is 27.5 Å². The molecule has 0 N–H and O–H groups in total. The monoisotopic (exact) mass is 471 g/mol. The van der Waals surface area contributed by atoms with E-state index >= 15 is 0 Å². The molecular weight excluding hydrogens is 447 g/mol. The number of nitrogens with zero attached hydrogens (tertiary/aromatic N) is 5. The number of carbonyl (C=O) groups is 1. The Hall–Kier alpha value is -2.60. The van der Waals surface area contributed by atoms with Gasteiger partial charge in [-0.25, -0.2) is 13.4 Å². The predicted octanol–water partition coefficient (Wildman–Crippen LogP) is 2.04. The molecule has 2 aliphatic heterocycles. The van der Waals surface area contributed by atoms with E-state index in [2.05, 4.69) is 4.98 Å². The number of sulfonamides is 1. The van der Waals surface area contributed by atoms with Crippen LogP contribution in [0.4, 0.5) is 18.9 Å². The highest BCUT2D eigenvalue weighted by Gasteiger charge is 2.32. The minimum atomic E-state index is -4.40. The van der Waals surface area contributed by atoms with Gasteiger partial charge in [0.05, 0.1) is 11.9 Å². The van der Waals surface area contributed by atoms with Gasteiger partial charge >= 0.3 is 6.18 Å². The van der Waals surface area contributed by atoms with E-state index in [9.17, 15) is 26.4 Å². The van der Waals surface area contributed by atoms with E-state index < -0.39 is 21.8 Å². The van der Waals surface area contributed by atoms with Crippen LogP contribution >= 0.6 is 0 Å². The molecule has 0 saturated carbocycles. The Balaban J connectivity index is 1.34. The lowest BCUT2D eigenvalue weighted by molar-refractivity contribution is -0.137. The van der Waals surface area contributed by atoms with Gasteiger partial charge in [0, 0.05) is 51.2 Å². The molecular formula is C20H24F3N5O3S. The molecule has 0 radical (unpaired) electrons. The number of imidazole rings is 1. The molecule has 174 valence electrons. The number of carbonyl (C=O) groups excluding carboxylic acids is 1. The Morgan fingerprint density at radius 2 is 1.72 bits per heavy atom. The zero-order valence-corrected chi connectivity index (χ0v) is 18.1. The fourth-order valence-electron chi connectivity index (χ4n) is 3.97. The van der Waals surface area contributed by atoms with Gasteiger partial charge in [-0.3, -0.25) is 4.79 Å². The normalized spacial score (nSPS) is 18.3. The minimum absolute atomic E-state index is 0.0495. The van der Waals surface area contributed by atoms with Crippen molar-refractivity contribution in [3.8, 4) is 0 Å². The molecule has 8 nitrogen and oxygen atoms in total. The number of rotatable bonds is 5. The van der Waals surface area contributed by atoms with Crippen LogP contribution in [0.1, 0.15) is 18.4 Å². The Morgan fingerprint density at radius 1 is 1.03 bits per heavy atom. The number of halogens is 3. The van der Waals surface area contributed by atoms with Crippen LogP contribution in [0, 0.1) is 0 Å². The minimum Gasteiger partial charge on any atom is -0.368 e. The van der Waals surface area contributed by atoms with Gasteiger partial charge in [0.1, 0.15) is 6.54 Å². The number of anilines is 1. The highest BCUT2D eigenvalue weighted by Crippen LogP contribution is 2.32. The summed E-state index contributed by atoms with van der Waals surface area (Å²) in [6, 6.07) is 5.15. The molecule has 0 aliphatic carbocycles. The summed E-state index contributed by atoms with van der Waals surface area (Å²) in [7, 11) is -3.64. The molecule has 4 rings (SSSR count). The SMILES string of the molecule is O=C(Cn1cnc(S(=O)(=O)N2CCCC2)c1)N1CCN(c2cccc(C(F)(F)F)c2)CC1. The van der Waals surface area contributed by atoms with E-state index in [4.69, 9.17) is 0 Å². The van der Waals surface area contributed by atoms with E-state index in [0.717, 1.165) is 25.0 Å². The smallest absolute Gasteiger partial charge is 0.368 e. The lowest BCUT2D eigenvalue weighted by Gasteiger charge is -2.36. The summed E-state index contributed by atoms with van der Waals surface area (Å²) >= 11 is 0. The van der Waals surface area contributed by atoms with Gasteiger partial charge in [0.25, 0.3) is 10.0 Å². The maximum Gasteiger partial charge on any atom is 0.416 e. The Bertz CT molecular complexity index is 1070. The van der Waals surface area contributed by atoms with Crippen LogP contribution in [-0.2, 0) is 27.5 Å². The van der Waals surface area contributed by atoms with Crippen molar-refractivity contribution in [3.05, 3.63) is 42.4 Å². The van der Waals surface area contributed by atoms with Crippen LogP contribution in [0.25, 0.3) is 0 Å². The summed E-state index contributed by atoms with van der Waals surface area (Å²) in [5, 5.41) is -0.0680. The van der Waals surface area contributed by atoms with Crippen molar-refractivity contribution in [2.24, 2.45) is 0 Å². The average Bonchev–Trinajstić information content (AvgIpc) is 3.46. The van der Waals surface area contributed by atoms with Crippen molar-refractivity contribution in [1.29, 1.82) is 0 Å². The summed E-state index contributed by atoms with van der Waals surface area (Å²) in [6.45, 7) is 2.45. The molecule has 3 heterocycles. The van der Waals surface area contributed by atoms with Gasteiger partial charge < -0.3 is 14.4 Å². The Labute approximate surface area is 184 Å². The zero-order valence-electron chi connectivity index (χ0n) is 17.3. The molecule has 1 aromatic carbocycles. The Morgan fingerprint density at radius 3 is 2.38 bits per heavy atom. The third-order valence-electron chi connectivity index (χ3n) is 5.77. The number of hydrogen-bond acceptors (Lipinski definition) is 5. The number of alkyl halides is 3. The summed E-state index contributed by atoms with van der Waals surface area (Å²) in [5.41, 5.74) is -0.230. The van der Waals surface area contributed by atoms with Crippen molar-refractivity contribution in [2.45, 2.75) is 30.6 Å². The van der Waals surface area contributed by atoms with Crippen molar-refractivity contribution in [2.75, 3.05) is 44.2 Å². The van der Waals surface area contributed by atoms with Crippen LogP contribution in [0.5, 0.6) is 0 Å². The molecule has 2 fully saturated rings. The highest BCUT2D eigenvalue weighted by molar-refractivity contribution is 7.89. The highest BCUT2D eigenvalue weighted by atomic mass is 32.2. The first-order valence-corrected chi connectivity index (χ1v) is 11.8. The van der Waals surface area contributed by atoms with Crippen molar-refractivity contribution in [3.63, 3.8) is 0 Å². The topological polar surface area (TPSA) is 78.7 Å². The first-order chi connectivity index (χ1) is 15.1. The van der Waals surface area contributed by atoms with E-state index in [1.807, 2.05) is 4.90 Å². The van der Waals surface area contributed by atoms with Crippen LogP contribution in [-0.4, -0.2) is 72.3 Å². The second-order valence-electron chi connectivity index (χ2n) is 7.91. The molecule has 0 atom stereocenters. The number of piperazine rings is 1. The molecule has 32 heavy (non-hydrogen) atoms. The first-order valence-electron chi connectivity index (χ1n) is 10.4. The van der Waals surface area contributed by atoms with E-state index in [1.54, 1.807) is 11.0 Å². The van der Waals surface area contributed by atoms with Gasteiger partial charge in [-0.15, -0.1) is 0 Å². The zero-order chi connectivity index (χ0) is 22.9. The quantitative estimate of drug-likeness (QED) is 0.667. The van der Waals surface area contributed by atoms with E-state index in [0.29, 0.717) is 45.0 Å². The molecule has 12 heteroatoms. The molecule has 0 spiro atoms. The molecule has 2 saturated heterocycles. The summed E-state index contributed by atoms with van der Waals surface area (Å²) in [4.78, 5) is 20.1. The van der Waals surface area contributed by atoms with Gasteiger partial charge in [0.15, 0.2) is 5.03 Å². The maximum atomic E-state index is 13.0. The Kier molecular flexibility index (Phi) is 6.17. The number of benzene rings is 1. The molecule has 1 amide bonds. The van der Waals surface area contributed by atoms with Crippen LogP contribution in [0.3, 0.4) is 0 Å². The second kappa shape index (κ2) is 8.74. The van der Waals surface area contributed by atoms with Crippen LogP contribution < -0.4 is 4.90 Å². The predicted molar refractivity (Wildman–Crippen MR) is 110 cm³/mol. The molecule has 0 unspecified atom stereocenters. The van der Waals surface area contributed by atoms with Crippen LogP contribution in [0.15, 0.2) is 41.8 Å². The van der Waals surface area contributed by atoms with Crippen molar-refractivity contribution < 1.29 is 26.4 Å². The molecule has 1 aromatic heterocycles. The van der Waals surface area contributed by atoms with Crippen molar-refractivity contribution >= 4 is 21.6 Å². The number of aromatic nitrogens is 2. The molecule has 2 aliphatic rings. The fourth-order valence-corrected chi connectivity index (χ4v) is 5.42. The number of amides is 1. The average molecular weight is 472 g/mol. The fraction of sp³-hybridized carbons (Fsp3) is 0.500. The third-order valence-corrected chi connectivity index (χ3v) is 7.55. The third kappa shape index (κ3) is 4.75. The van der Waals surface area contributed by atoms with Crippen molar-refractivity contribution in [1.82, 2.24) is 18.8 Å². The van der Waals surface area contributed by atoms with E-state index in [-0.39, 0.29) is 17.5 Å². The molecule has 0 bridgehead atoms. The largest absolute Gasteiger partial charge is 0.416 e. The number of hydrogen-bond donors (Lipinski definition) is 0. The van der Waals surface area contributed by atoms with Gasteiger partial charge in [-0.05, 0) is 31.0 Å².